The number of hydrogen-bond donors (Lipinski definition) is 0. The van der Waals surface area contributed by atoms with Crippen molar-refractivity contribution in [2.24, 2.45) is 11.8 Å². The van der Waals surface area contributed by atoms with Crippen LogP contribution >= 0.6 is 0 Å². The van der Waals surface area contributed by atoms with Gasteiger partial charge in [-0.2, -0.15) is 0 Å². The average Bonchev–Trinajstić information content (AvgIpc) is 2.40. The lowest BCUT2D eigenvalue weighted by Crippen LogP contribution is -2.05. The molecule has 0 saturated carbocycles. The second-order valence-electron chi connectivity index (χ2n) is 6.01. The lowest BCUT2D eigenvalue weighted by molar-refractivity contribution is 0.100. The van der Waals surface area contributed by atoms with Crippen molar-refractivity contribution in [3.05, 3.63) is 0 Å². The molecule has 0 heterocycles. The molecular formula is C17H36O. The van der Waals surface area contributed by atoms with Gasteiger partial charge in [0.25, 0.3) is 0 Å². The standard InChI is InChI=1S/C17H36O/c1-5-16(3)13-11-9-7-8-10-12-14-18-15-17(4)6-2/h16-17H,5-15H2,1-4H3. The Morgan fingerprint density at radius 3 is 1.89 bits per heavy atom. The van der Waals surface area contributed by atoms with Gasteiger partial charge in [-0.3, -0.25) is 0 Å². The summed E-state index contributed by atoms with van der Waals surface area (Å²) in [5.74, 6) is 1.66. The molecule has 0 radical (unpaired) electrons. The first-order valence-corrected chi connectivity index (χ1v) is 8.28. The van der Waals surface area contributed by atoms with E-state index in [0.717, 1.165) is 25.0 Å². The highest BCUT2D eigenvalue weighted by Crippen LogP contribution is 2.14. The molecule has 0 saturated heterocycles. The minimum Gasteiger partial charge on any atom is -0.381 e. The van der Waals surface area contributed by atoms with E-state index in [1.54, 1.807) is 0 Å². The van der Waals surface area contributed by atoms with Gasteiger partial charge in [-0.25, -0.2) is 0 Å². The van der Waals surface area contributed by atoms with Gasteiger partial charge in [-0.05, 0) is 18.3 Å². The van der Waals surface area contributed by atoms with Crippen molar-refractivity contribution in [3.63, 3.8) is 0 Å². The molecule has 0 aromatic carbocycles. The number of hydrogen-bond acceptors (Lipinski definition) is 1. The Balaban J connectivity index is 3.03. The lowest BCUT2D eigenvalue weighted by Gasteiger charge is -2.09. The molecule has 2 atom stereocenters. The predicted octanol–water partition coefficient (Wildman–Crippen LogP) is 5.83. The highest BCUT2D eigenvalue weighted by Gasteiger charge is 1.99. The van der Waals surface area contributed by atoms with E-state index in [4.69, 9.17) is 4.74 Å². The average molecular weight is 256 g/mol. The summed E-state index contributed by atoms with van der Waals surface area (Å²) >= 11 is 0. The van der Waals surface area contributed by atoms with E-state index in [1.807, 2.05) is 0 Å². The summed E-state index contributed by atoms with van der Waals surface area (Å²) in [7, 11) is 0. The third kappa shape index (κ3) is 12.4. The van der Waals surface area contributed by atoms with Gasteiger partial charge in [-0.15, -0.1) is 0 Å². The Hall–Kier alpha value is -0.0400. The molecular weight excluding hydrogens is 220 g/mol. The molecule has 110 valence electrons. The summed E-state index contributed by atoms with van der Waals surface area (Å²) in [6, 6.07) is 0. The maximum atomic E-state index is 5.66. The van der Waals surface area contributed by atoms with Crippen LogP contribution in [0, 0.1) is 11.8 Å². The Kier molecular flexibility index (Phi) is 13.4. The van der Waals surface area contributed by atoms with Gasteiger partial charge in [0.1, 0.15) is 0 Å². The van der Waals surface area contributed by atoms with Crippen LogP contribution in [0.2, 0.25) is 0 Å². The van der Waals surface area contributed by atoms with Gasteiger partial charge >= 0.3 is 0 Å². The topological polar surface area (TPSA) is 9.23 Å². The zero-order chi connectivity index (χ0) is 13.6. The third-order valence-electron chi connectivity index (χ3n) is 4.03. The molecule has 0 fully saturated rings. The fourth-order valence-corrected chi connectivity index (χ4v) is 2.01. The first-order chi connectivity index (χ1) is 8.70. The summed E-state index contributed by atoms with van der Waals surface area (Å²) in [6.45, 7) is 11.1. The van der Waals surface area contributed by atoms with Crippen LogP contribution in [0.25, 0.3) is 0 Å². The molecule has 0 aromatic heterocycles. The highest BCUT2D eigenvalue weighted by atomic mass is 16.5. The second kappa shape index (κ2) is 13.4. The Bertz CT molecular complexity index is 138. The maximum absolute atomic E-state index is 5.66. The van der Waals surface area contributed by atoms with Crippen molar-refractivity contribution in [2.45, 2.75) is 85.5 Å². The first kappa shape index (κ1) is 18.0. The van der Waals surface area contributed by atoms with Crippen LogP contribution in [-0.2, 0) is 4.74 Å². The van der Waals surface area contributed by atoms with Gasteiger partial charge in [0.2, 0.25) is 0 Å². The van der Waals surface area contributed by atoms with Crippen LogP contribution in [0.5, 0.6) is 0 Å². The van der Waals surface area contributed by atoms with Crippen molar-refractivity contribution >= 4 is 0 Å². The van der Waals surface area contributed by atoms with Gasteiger partial charge in [0.05, 0.1) is 0 Å². The molecule has 2 unspecified atom stereocenters. The molecule has 18 heavy (non-hydrogen) atoms. The second-order valence-corrected chi connectivity index (χ2v) is 6.01. The monoisotopic (exact) mass is 256 g/mol. The molecule has 1 nitrogen and oxygen atoms in total. The summed E-state index contributed by atoms with van der Waals surface area (Å²) in [5.41, 5.74) is 0. The SMILES string of the molecule is CCC(C)CCCCCCCCOCC(C)CC. The normalized spacial score (nSPS) is 14.7. The number of unbranched alkanes of at least 4 members (excludes halogenated alkanes) is 5. The largest absolute Gasteiger partial charge is 0.381 e. The minimum absolute atomic E-state index is 0.727. The van der Waals surface area contributed by atoms with Crippen molar-refractivity contribution < 1.29 is 4.74 Å². The fourth-order valence-electron chi connectivity index (χ4n) is 2.01. The maximum Gasteiger partial charge on any atom is 0.0491 e. The Morgan fingerprint density at radius 1 is 0.722 bits per heavy atom. The van der Waals surface area contributed by atoms with E-state index >= 15 is 0 Å². The summed E-state index contributed by atoms with van der Waals surface area (Å²) < 4.78 is 5.66. The van der Waals surface area contributed by atoms with Crippen LogP contribution in [0.1, 0.15) is 85.5 Å². The van der Waals surface area contributed by atoms with Crippen molar-refractivity contribution in [1.82, 2.24) is 0 Å². The molecule has 0 aromatic rings. The van der Waals surface area contributed by atoms with Crippen molar-refractivity contribution in [3.8, 4) is 0 Å². The smallest absolute Gasteiger partial charge is 0.0491 e. The fraction of sp³-hybridized carbons (Fsp3) is 1.00. The number of ether oxygens (including phenoxy) is 1. The zero-order valence-electron chi connectivity index (χ0n) is 13.3. The lowest BCUT2D eigenvalue weighted by atomic mass is 10.00. The van der Waals surface area contributed by atoms with Gasteiger partial charge in [0, 0.05) is 13.2 Å². The Labute approximate surface area is 116 Å². The van der Waals surface area contributed by atoms with E-state index in [1.165, 1.54) is 57.8 Å². The molecule has 0 N–H and O–H groups in total. The van der Waals surface area contributed by atoms with Crippen LogP contribution in [0.3, 0.4) is 0 Å². The molecule has 0 aliphatic heterocycles. The quantitative estimate of drug-likeness (QED) is 0.377. The number of rotatable bonds is 13. The first-order valence-electron chi connectivity index (χ1n) is 8.28. The van der Waals surface area contributed by atoms with E-state index in [2.05, 4.69) is 27.7 Å². The molecule has 1 heteroatoms. The van der Waals surface area contributed by atoms with E-state index < -0.39 is 0 Å². The molecule has 0 aliphatic rings. The van der Waals surface area contributed by atoms with Crippen LogP contribution in [-0.4, -0.2) is 13.2 Å². The Morgan fingerprint density at radius 2 is 1.28 bits per heavy atom. The predicted molar refractivity (Wildman–Crippen MR) is 82.0 cm³/mol. The van der Waals surface area contributed by atoms with Gasteiger partial charge in [0.15, 0.2) is 0 Å². The van der Waals surface area contributed by atoms with Crippen LogP contribution in [0.4, 0.5) is 0 Å². The van der Waals surface area contributed by atoms with Crippen LogP contribution in [0.15, 0.2) is 0 Å². The third-order valence-corrected chi connectivity index (χ3v) is 4.03. The van der Waals surface area contributed by atoms with Crippen LogP contribution < -0.4 is 0 Å². The van der Waals surface area contributed by atoms with E-state index in [9.17, 15) is 0 Å². The molecule has 0 aliphatic carbocycles. The van der Waals surface area contributed by atoms with E-state index in [-0.39, 0.29) is 0 Å². The molecule has 0 amide bonds. The molecule has 0 bridgehead atoms. The summed E-state index contributed by atoms with van der Waals surface area (Å²) in [6.07, 6.45) is 12.3. The molecule has 0 rings (SSSR count). The zero-order valence-corrected chi connectivity index (χ0v) is 13.3. The minimum atomic E-state index is 0.727. The summed E-state index contributed by atoms with van der Waals surface area (Å²) in [5, 5.41) is 0. The summed E-state index contributed by atoms with van der Waals surface area (Å²) in [4.78, 5) is 0. The highest BCUT2D eigenvalue weighted by molar-refractivity contribution is 4.52. The van der Waals surface area contributed by atoms with Gasteiger partial charge < -0.3 is 4.74 Å². The van der Waals surface area contributed by atoms with Crippen molar-refractivity contribution in [1.29, 1.82) is 0 Å². The van der Waals surface area contributed by atoms with Crippen molar-refractivity contribution in [2.75, 3.05) is 13.2 Å². The molecule has 0 spiro atoms. The van der Waals surface area contributed by atoms with E-state index in [0.29, 0.717) is 0 Å². The van der Waals surface area contributed by atoms with Gasteiger partial charge in [-0.1, -0.05) is 79.1 Å².